The van der Waals surface area contributed by atoms with Crippen molar-refractivity contribution in [3.8, 4) is 5.75 Å². The SMILES string of the molecule is COc1ccccc1CC(C)NCC1(CO)CCCCC1. The number of hydrogen-bond donors (Lipinski definition) is 2. The van der Waals surface area contributed by atoms with Crippen molar-refractivity contribution in [1.29, 1.82) is 0 Å². The first-order valence-electron chi connectivity index (χ1n) is 8.15. The van der Waals surface area contributed by atoms with E-state index in [4.69, 9.17) is 4.74 Å². The highest BCUT2D eigenvalue weighted by Crippen LogP contribution is 2.35. The molecule has 0 bridgehead atoms. The Labute approximate surface area is 128 Å². The van der Waals surface area contributed by atoms with E-state index >= 15 is 0 Å². The van der Waals surface area contributed by atoms with E-state index in [-0.39, 0.29) is 5.41 Å². The molecule has 1 aliphatic rings. The predicted octanol–water partition coefficient (Wildman–Crippen LogP) is 3.16. The van der Waals surface area contributed by atoms with Crippen molar-refractivity contribution in [2.75, 3.05) is 20.3 Å². The maximum absolute atomic E-state index is 9.77. The van der Waals surface area contributed by atoms with Gasteiger partial charge in [0.2, 0.25) is 0 Å². The third-order valence-corrected chi connectivity index (χ3v) is 4.79. The average molecular weight is 291 g/mol. The Morgan fingerprint density at radius 3 is 2.62 bits per heavy atom. The summed E-state index contributed by atoms with van der Waals surface area (Å²) in [5.41, 5.74) is 1.34. The first-order valence-corrected chi connectivity index (χ1v) is 8.15. The van der Waals surface area contributed by atoms with E-state index in [0.717, 1.165) is 31.6 Å². The zero-order chi connectivity index (χ0) is 15.1. The molecule has 2 rings (SSSR count). The highest BCUT2D eigenvalue weighted by molar-refractivity contribution is 5.33. The van der Waals surface area contributed by atoms with Gasteiger partial charge in [-0.25, -0.2) is 0 Å². The summed E-state index contributed by atoms with van der Waals surface area (Å²) in [5.74, 6) is 0.959. The summed E-state index contributed by atoms with van der Waals surface area (Å²) in [6.45, 7) is 3.43. The summed E-state index contributed by atoms with van der Waals surface area (Å²) in [4.78, 5) is 0. The number of hydrogen-bond acceptors (Lipinski definition) is 3. The average Bonchev–Trinajstić information content (AvgIpc) is 2.54. The Morgan fingerprint density at radius 1 is 1.24 bits per heavy atom. The van der Waals surface area contributed by atoms with Gasteiger partial charge in [0, 0.05) is 24.6 Å². The molecular formula is C18H29NO2. The topological polar surface area (TPSA) is 41.5 Å². The van der Waals surface area contributed by atoms with Gasteiger partial charge in [-0.15, -0.1) is 0 Å². The van der Waals surface area contributed by atoms with Crippen LogP contribution in [0.15, 0.2) is 24.3 Å². The van der Waals surface area contributed by atoms with Gasteiger partial charge in [0.1, 0.15) is 5.75 Å². The van der Waals surface area contributed by atoms with Gasteiger partial charge in [-0.1, -0.05) is 37.5 Å². The van der Waals surface area contributed by atoms with E-state index in [1.807, 2.05) is 12.1 Å². The van der Waals surface area contributed by atoms with Crippen LogP contribution < -0.4 is 10.1 Å². The van der Waals surface area contributed by atoms with E-state index in [1.165, 1.54) is 24.8 Å². The molecule has 21 heavy (non-hydrogen) atoms. The van der Waals surface area contributed by atoms with Crippen LogP contribution in [0.25, 0.3) is 0 Å². The van der Waals surface area contributed by atoms with Crippen LogP contribution in [-0.4, -0.2) is 31.4 Å². The molecule has 1 unspecified atom stereocenters. The molecule has 0 heterocycles. The maximum atomic E-state index is 9.77. The van der Waals surface area contributed by atoms with Crippen molar-refractivity contribution in [3.05, 3.63) is 29.8 Å². The van der Waals surface area contributed by atoms with Crippen molar-refractivity contribution >= 4 is 0 Å². The van der Waals surface area contributed by atoms with Gasteiger partial charge in [-0.2, -0.15) is 0 Å². The van der Waals surface area contributed by atoms with Gasteiger partial charge in [0.05, 0.1) is 7.11 Å². The zero-order valence-electron chi connectivity index (χ0n) is 13.4. The molecular weight excluding hydrogens is 262 g/mol. The number of aliphatic hydroxyl groups is 1. The van der Waals surface area contributed by atoms with Crippen LogP contribution in [0.4, 0.5) is 0 Å². The quantitative estimate of drug-likeness (QED) is 0.811. The lowest BCUT2D eigenvalue weighted by atomic mass is 9.74. The van der Waals surface area contributed by atoms with Crippen LogP contribution in [0.2, 0.25) is 0 Å². The highest BCUT2D eigenvalue weighted by Gasteiger charge is 2.31. The molecule has 3 heteroatoms. The largest absolute Gasteiger partial charge is 0.496 e. The Hall–Kier alpha value is -1.06. The molecule has 2 N–H and O–H groups in total. The Kier molecular flexibility index (Phi) is 6.07. The van der Waals surface area contributed by atoms with Crippen LogP contribution in [0.3, 0.4) is 0 Å². The lowest BCUT2D eigenvalue weighted by molar-refractivity contribution is 0.0789. The van der Waals surface area contributed by atoms with E-state index in [0.29, 0.717) is 12.6 Å². The van der Waals surface area contributed by atoms with Gasteiger partial charge in [0.25, 0.3) is 0 Å². The number of methoxy groups -OCH3 is 1. The fraction of sp³-hybridized carbons (Fsp3) is 0.667. The second kappa shape index (κ2) is 7.81. The first-order chi connectivity index (χ1) is 10.2. The molecule has 0 spiro atoms. The zero-order valence-corrected chi connectivity index (χ0v) is 13.4. The van der Waals surface area contributed by atoms with Crippen LogP contribution in [-0.2, 0) is 6.42 Å². The van der Waals surface area contributed by atoms with Crippen molar-refractivity contribution in [2.45, 2.75) is 51.5 Å². The normalized spacial score (nSPS) is 19.2. The molecule has 0 aromatic heterocycles. The summed E-state index contributed by atoms with van der Waals surface area (Å²) in [6.07, 6.45) is 7.08. The molecule has 0 aliphatic heterocycles. The Bertz CT molecular complexity index is 427. The van der Waals surface area contributed by atoms with Crippen LogP contribution >= 0.6 is 0 Å². The van der Waals surface area contributed by atoms with Gasteiger partial charge in [0.15, 0.2) is 0 Å². The fourth-order valence-corrected chi connectivity index (χ4v) is 3.36. The Balaban J connectivity index is 1.88. The van der Waals surface area contributed by atoms with E-state index in [9.17, 15) is 5.11 Å². The molecule has 0 radical (unpaired) electrons. The molecule has 1 atom stereocenters. The van der Waals surface area contributed by atoms with Gasteiger partial charge >= 0.3 is 0 Å². The first kappa shape index (κ1) is 16.3. The summed E-state index contributed by atoms with van der Waals surface area (Å²) in [7, 11) is 1.72. The van der Waals surface area contributed by atoms with E-state index < -0.39 is 0 Å². The summed E-state index contributed by atoms with van der Waals surface area (Å²) < 4.78 is 5.41. The van der Waals surface area contributed by atoms with Crippen LogP contribution in [0, 0.1) is 5.41 Å². The standard InChI is InChI=1S/C18H29NO2/c1-15(12-16-8-4-5-9-17(16)21-2)19-13-18(14-20)10-6-3-7-11-18/h4-5,8-9,15,19-20H,3,6-7,10-14H2,1-2H3. The molecule has 1 aromatic rings. The number of para-hydroxylation sites is 1. The minimum absolute atomic E-state index is 0.104. The maximum Gasteiger partial charge on any atom is 0.122 e. The number of benzene rings is 1. The van der Waals surface area contributed by atoms with E-state index in [1.54, 1.807) is 7.11 Å². The van der Waals surface area contributed by atoms with Crippen molar-refractivity contribution < 1.29 is 9.84 Å². The number of rotatable bonds is 7. The summed E-state index contributed by atoms with van der Waals surface area (Å²) in [5, 5.41) is 13.4. The van der Waals surface area contributed by atoms with Gasteiger partial charge in [-0.3, -0.25) is 0 Å². The second-order valence-corrected chi connectivity index (χ2v) is 6.52. The van der Waals surface area contributed by atoms with Crippen molar-refractivity contribution in [1.82, 2.24) is 5.32 Å². The highest BCUT2D eigenvalue weighted by atomic mass is 16.5. The fourth-order valence-electron chi connectivity index (χ4n) is 3.36. The molecule has 0 saturated heterocycles. The molecule has 0 amide bonds. The lowest BCUT2D eigenvalue weighted by Crippen LogP contribution is -2.42. The molecule has 3 nitrogen and oxygen atoms in total. The van der Waals surface area contributed by atoms with Gasteiger partial charge in [-0.05, 0) is 37.8 Å². The monoisotopic (exact) mass is 291 g/mol. The minimum atomic E-state index is 0.104. The third kappa shape index (κ3) is 4.45. The number of nitrogens with one attached hydrogen (secondary N) is 1. The lowest BCUT2D eigenvalue weighted by Gasteiger charge is -2.36. The summed E-state index contributed by atoms with van der Waals surface area (Å²) in [6, 6.07) is 8.58. The minimum Gasteiger partial charge on any atom is -0.496 e. The molecule has 1 fully saturated rings. The molecule has 1 aromatic carbocycles. The Morgan fingerprint density at radius 2 is 1.95 bits per heavy atom. The smallest absolute Gasteiger partial charge is 0.122 e. The van der Waals surface area contributed by atoms with Gasteiger partial charge < -0.3 is 15.2 Å². The molecule has 1 aliphatic carbocycles. The summed E-state index contributed by atoms with van der Waals surface area (Å²) >= 11 is 0. The predicted molar refractivity (Wildman–Crippen MR) is 86.8 cm³/mol. The van der Waals surface area contributed by atoms with Crippen molar-refractivity contribution in [3.63, 3.8) is 0 Å². The third-order valence-electron chi connectivity index (χ3n) is 4.79. The number of ether oxygens (including phenoxy) is 1. The second-order valence-electron chi connectivity index (χ2n) is 6.52. The molecule has 1 saturated carbocycles. The number of aliphatic hydroxyl groups excluding tert-OH is 1. The molecule has 118 valence electrons. The van der Waals surface area contributed by atoms with Crippen LogP contribution in [0.1, 0.15) is 44.6 Å². The van der Waals surface area contributed by atoms with Crippen LogP contribution in [0.5, 0.6) is 5.75 Å². The van der Waals surface area contributed by atoms with Crippen molar-refractivity contribution in [2.24, 2.45) is 5.41 Å². The van der Waals surface area contributed by atoms with E-state index in [2.05, 4.69) is 24.4 Å².